The van der Waals surface area contributed by atoms with Gasteiger partial charge in [0.2, 0.25) is 5.91 Å². The van der Waals surface area contributed by atoms with Crippen LogP contribution in [0.3, 0.4) is 0 Å². The van der Waals surface area contributed by atoms with Crippen molar-refractivity contribution in [3.8, 4) is 0 Å². The third kappa shape index (κ3) is 4.72. The van der Waals surface area contributed by atoms with E-state index in [0.29, 0.717) is 42.6 Å². The van der Waals surface area contributed by atoms with E-state index in [1.54, 1.807) is 0 Å². The summed E-state index contributed by atoms with van der Waals surface area (Å²) < 4.78 is 0. The van der Waals surface area contributed by atoms with Gasteiger partial charge < -0.3 is 26.4 Å². The lowest BCUT2D eigenvalue weighted by molar-refractivity contribution is -0.207. The highest BCUT2D eigenvalue weighted by Crippen LogP contribution is 2.68. The molecule has 37 heavy (non-hydrogen) atoms. The largest absolute Gasteiger partial charge is 0.399 e. The fraction of sp³-hybridized carbons (Fsp3) is 0.774. The number of nitrogens with one attached hydrogen (secondary N) is 1. The fourth-order valence-corrected chi connectivity index (χ4v) is 9.62. The van der Waals surface area contributed by atoms with Crippen molar-refractivity contribution in [1.29, 1.82) is 0 Å². The molecule has 0 bridgehead atoms. The second-order valence-corrected chi connectivity index (χ2v) is 13.6. The predicted octanol–water partition coefficient (Wildman–Crippen LogP) is 4.26. The molecule has 6 N–H and O–H groups in total. The van der Waals surface area contributed by atoms with Gasteiger partial charge in [-0.25, -0.2) is 0 Å². The van der Waals surface area contributed by atoms with E-state index in [-0.39, 0.29) is 41.0 Å². The number of anilines is 1. The zero-order valence-corrected chi connectivity index (χ0v) is 22.9. The van der Waals surface area contributed by atoms with Crippen molar-refractivity contribution in [1.82, 2.24) is 5.32 Å². The SMILES string of the molecule is C[C@H](CCC(=O)NCc1ccc(N)cc1)[C@H]1CC[C@H]2[C@@H]3[C@H](O)C[C@@H]4C[C@H](O)CC[C@]4(C)[C@H]3C[C@H](O)[C@]12C. The number of carbonyl (C=O) groups is 1. The molecule has 1 aromatic rings. The number of nitrogen functional groups attached to an aromatic ring is 1. The topological polar surface area (TPSA) is 116 Å². The van der Waals surface area contributed by atoms with E-state index in [9.17, 15) is 20.1 Å². The summed E-state index contributed by atoms with van der Waals surface area (Å²) >= 11 is 0. The Morgan fingerprint density at radius 1 is 1.05 bits per heavy atom. The molecule has 0 unspecified atom stereocenters. The summed E-state index contributed by atoms with van der Waals surface area (Å²) in [6, 6.07) is 7.57. The summed E-state index contributed by atoms with van der Waals surface area (Å²) in [7, 11) is 0. The molecule has 4 aliphatic carbocycles. The van der Waals surface area contributed by atoms with Crippen molar-refractivity contribution < 1.29 is 20.1 Å². The molecule has 0 radical (unpaired) electrons. The summed E-state index contributed by atoms with van der Waals surface area (Å²) in [6.07, 6.45) is 6.57. The Morgan fingerprint density at radius 3 is 2.51 bits per heavy atom. The van der Waals surface area contributed by atoms with Gasteiger partial charge in [0.15, 0.2) is 0 Å². The van der Waals surface area contributed by atoms with Crippen LogP contribution in [-0.2, 0) is 11.3 Å². The minimum atomic E-state index is -0.386. The summed E-state index contributed by atoms with van der Waals surface area (Å²) in [6.45, 7) is 7.41. The summed E-state index contributed by atoms with van der Waals surface area (Å²) in [5.41, 5.74) is 7.37. The number of hydrogen-bond acceptors (Lipinski definition) is 5. The first-order valence-electron chi connectivity index (χ1n) is 14.7. The maximum absolute atomic E-state index is 12.6. The van der Waals surface area contributed by atoms with Crippen LogP contribution in [0.4, 0.5) is 5.69 Å². The standard InChI is InChI=1S/C31H48N2O4/c1-18(4-11-28(37)33-17-19-5-7-21(32)8-6-19)23-9-10-24-29-25(16-27(36)31(23,24)3)30(2)13-12-22(34)14-20(30)15-26(29)35/h5-8,18,20,22-27,29,34-36H,4,9-17,32H2,1-3H3,(H,33,37)/t18-,20+,22-,23-,24+,25+,26-,27+,29+,30+,31-/m1/s1. The Hall–Kier alpha value is -1.63. The first kappa shape index (κ1) is 27.0. The minimum Gasteiger partial charge on any atom is -0.399 e. The number of rotatable bonds is 6. The highest BCUT2D eigenvalue weighted by Gasteiger charge is 2.65. The third-order valence-electron chi connectivity index (χ3n) is 11.8. The average molecular weight is 513 g/mol. The van der Waals surface area contributed by atoms with Crippen molar-refractivity contribution in [2.24, 2.45) is 46.3 Å². The molecule has 1 amide bonds. The van der Waals surface area contributed by atoms with E-state index in [1.807, 2.05) is 24.3 Å². The maximum Gasteiger partial charge on any atom is 0.220 e. The second-order valence-electron chi connectivity index (χ2n) is 13.6. The number of aliphatic hydroxyl groups is 3. The molecule has 5 rings (SSSR count). The average Bonchev–Trinajstić information content (AvgIpc) is 3.22. The van der Waals surface area contributed by atoms with Gasteiger partial charge in [-0.1, -0.05) is 32.9 Å². The molecule has 4 aliphatic rings. The van der Waals surface area contributed by atoms with E-state index in [2.05, 4.69) is 26.1 Å². The Morgan fingerprint density at radius 2 is 1.78 bits per heavy atom. The molecule has 0 heterocycles. The Bertz CT molecular complexity index is 968. The molecule has 0 saturated heterocycles. The molecule has 4 saturated carbocycles. The van der Waals surface area contributed by atoms with Crippen LogP contribution in [0, 0.1) is 46.3 Å². The van der Waals surface area contributed by atoms with Crippen LogP contribution in [-0.4, -0.2) is 39.5 Å². The van der Waals surface area contributed by atoms with Gasteiger partial charge in [0.05, 0.1) is 18.3 Å². The van der Waals surface area contributed by atoms with E-state index >= 15 is 0 Å². The van der Waals surface area contributed by atoms with Crippen LogP contribution in [0.5, 0.6) is 0 Å². The molecule has 11 atom stereocenters. The molecule has 206 valence electrons. The van der Waals surface area contributed by atoms with Gasteiger partial charge in [-0.2, -0.15) is 0 Å². The molecular formula is C31H48N2O4. The van der Waals surface area contributed by atoms with Crippen molar-refractivity contribution in [3.63, 3.8) is 0 Å². The van der Waals surface area contributed by atoms with Crippen molar-refractivity contribution >= 4 is 11.6 Å². The number of hydrogen-bond donors (Lipinski definition) is 5. The zero-order chi connectivity index (χ0) is 26.5. The van der Waals surface area contributed by atoms with Gasteiger partial charge in [0.25, 0.3) is 0 Å². The Balaban J connectivity index is 1.23. The number of amides is 1. The van der Waals surface area contributed by atoms with Crippen LogP contribution < -0.4 is 11.1 Å². The van der Waals surface area contributed by atoms with Gasteiger partial charge in [-0.3, -0.25) is 4.79 Å². The quantitative estimate of drug-likeness (QED) is 0.365. The lowest BCUT2D eigenvalue weighted by Gasteiger charge is -2.63. The van der Waals surface area contributed by atoms with Crippen LogP contribution in [0.25, 0.3) is 0 Å². The van der Waals surface area contributed by atoms with E-state index in [4.69, 9.17) is 5.73 Å². The molecule has 1 aromatic carbocycles. The predicted molar refractivity (Wildman–Crippen MR) is 145 cm³/mol. The summed E-state index contributed by atoms with van der Waals surface area (Å²) in [5, 5.41) is 36.5. The smallest absolute Gasteiger partial charge is 0.220 e. The minimum absolute atomic E-state index is 0.0637. The molecular weight excluding hydrogens is 464 g/mol. The maximum atomic E-state index is 12.6. The lowest BCUT2D eigenvalue weighted by Crippen LogP contribution is -2.62. The summed E-state index contributed by atoms with van der Waals surface area (Å²) in [4.78, 5) is 12.6. The number of carbonyl (C=O) groups excluding carboxylic acids is 1. The summed E-state index contributed by atoms with van der Waals surface area (Å²) in [5.74, 6) is 1.94. The normalized spacial score (nSPS) is 43.8. The first-order chi connectivity index (χ1) is 17.5. The van der Waals surface area contributed by atoms with Crippen LogP contribution in [0.15, 0.2) is 24.3 Å². The number of benzene rings is 1. The van der Waals surface area contributed by atoms with E-state index in [0.717, 1.165) is 62.6 Å². The van der Waals surface area contributed by atoms with Crippen molar-refractivity contribution in [3.05, 3.63) is 29.8 Å². The number of nitrogens with two attached hydrogens (primary N) is 1. The van der Waals surface area contributed by atoms with E-state index < -0.39 is 0 Å². The Kier molecular flexibility index (Phi) is 7.40. The molecule has 6 heteroatoms. The van der Waals surface area contributed by atoms with Crippen LogP contribution in [0.1, 0.15) is 84.1 Å². The highest BCUT2D eigenvalue weighted by molar-refractivity contribution is 5.75. The van der Waals surface area contributed by atoms with Gasteiger partial charge in [-0.15, -0.1) is 0 Å². The zero-order valence-electron chi connectivity index (χ0n) is 22.9. The molecule has 0 aliphatic heterocycles. The van der Waals surface area contributed by atoms with Gasteiger partial charge in [0.1, 0.15) is 0 Å². The number of fused-ring (bicyclic) bond motifs is 5. The van der Waals surface area contributed by atoms with Crippen LogP contribution >= 0.6 is 0 Å². The third-order valence-corrected chi connectivity index (χ3v) is 11.8. The van der Waals surface area contributed by atoms with Gasteiger partial charge in [-0.05, 0) is 115 Å². The Labute approximate surface area is 222 Å². The molecule has 0 aromatic heterocycles. The van der Waals surface area contributed by atoms with E-state index in [1.165, 1.54) is 0 Å². The number of aliphatic hydroxyl groups excluding tert-OH is 3. The highest BCUT2D eigenvalue weighted by atomic mass is 16.3. The van der Waals surface area contributed by atoms with Crippen molar-refractivity contribution in [2.45, 2.75) is 103 Å². The van der Waals surface area contributed by atoms with Gasteiger partial charge >= 0.3 is 0 Å². The van der Waals surface area contributed by atoms with Crippen LogP contribution in [0.2, 0.25) is 0 Å². The molecule has 4 fully saturated rings. The fourth-order valence-electron chi connectivity index (χ4n) is 9.62. The lowest BCUT2D eigenvalue weighted by atomic mass is 9.43. The molecule has 6 nitrogen and oxygen atoms in total. The van der Waals surface area contributed by atoms with Gasteiger partial charge in [0, 0.05) is 18.7 Å². The second kappa shape index (κ2) is 10.2. The molecule has 0 spiro atoms. The van der Waals surface area contributed by atoms with Crippen molar-refractivity contribution in [2.75, 3.05) is 5.73 Å². The monoisotopic (exact) mass is 512 g/mol. The first-order valence-corrected chi connectivity index (χ1v) is 14.7.